The lowest BCUT2D eigenvalue weighted by Crippen LogP contribution is -2.23. The van der Waals surface area contributed by atoms with Crippen LogP contribution in [0.1, 0.15) is 103 Å². The molecule has 1 aromatic rings. The number of rotatable bonds is 17. The van der Waals surface area contributed by atoms with Gasteiger partial charge in [-0.05, 0) is 49.5 Å². The summed E-state index contributed by atoms with van der Waals surface area (Å²) in [6.45, 7) is 4.37. The monoisotopic (exact) mass is 432 g/mol. The summed E-state index contributed by atoms with van der Waals surface area (Å²) in [5.41, 5.74) is 0.142. The molecule has 0 aliphatic carbocycles. The average molecular weight is 433 g/mol. The van der Waals surface area contributed by atoms with E-state index >= 15 is 0 Å². The number of phenols is 1. The van der Waals surface area contributed by atoms with Gasteiger partial charge in [0.15, 0.2) is 0 Å². The van der Waals surface area contributed by atoms with E-state index in [4.69, 9.17) is 4.74 Å². The number of esters is 1. The SMILES string of the molecule is CCCCCCCCC(CCCCCCC)OC(=O)C(=Cc1ccc(O)cc1)C(=O)O. The van der Waals surface area contributed by atoms with Crippen molar-refractivity contribution in [3.63, 3.8) is 0 Å². The van der Waals surface area contributed by atoms with Gasteiger partial charge in [0.2, 0.25) is 0 Å². The molecule has 5 nitrogen and oxygen atoms in total. The summed E-state index contributed by atoms with van der Waals surface area (Å²) in [6.07, 6.45) is 15.2. The lowest BCUT2D eigenvalue weighted by Gasteiger charge is -2.18. The van der Waals surface area contributed by atoms with Gasteiger partial charge >= 0.3 is 11.9 Å². The lowest BCUT2D eigenvalue weighted by molar-refractivity contribution is -0.148. The quantitative estimate of drug-likeness (QED) is 0.0921. The third-order valence-electron chi connectivity index (χ3n) is 5.44. The summed E-state index contributed by atoms with van der Waals surface area (Å²) in [5, 5.41) is 18.9. The van der Waals surface area contributed by atoms with Crippen molar-refractivity contribution in [2.75, 3.05) is 0 Å². The van der Waals surface area contributed by atoms with Gasteiger partial charge in [0, 0.05) is 0 Å². The smallest absolute Gasteiger partial charge is 0.345 e. The van der Waals surface area contributed by atoms with E-state index in [2.05, 4.69) is 13.8 Å². The van der Waals surface area contributed by atoms with Crippen LogP contribution in [0.25, 0.3) is 6.08 Å². The summed E-state index contributed by atoms with van der Waals surface area (Å²) in [5.74, 6) is -2.01. The molecule has 0 radical (unpaired) electrons. The highest BCUT2D eigenvalue weighted by Crippen LogP contribution is 2.19. The molecule has 2 N–H and O–H groups in total. The van der Waals surface area contributed by atoms with Crippen molar-refractivity contribution in [2.45, 2.75) is 103 Å². The normalized spacial score (nSPS) is 12.5. The van der Waals surface area contributed by atoms with Crippen molar-refractivity contribution in [1.29, 1.82) is 0 Å². The molecule has 0 aromatic heterocycles. The number of phenolic OH excluding ortho intramolecular Hbond substituents is 1. The molecule has 5 heteroatoms. The van der Waals surface area contributed by atoms with E-state index in [1.807, 2.05) is 0 Å². The standard InChI is InChI=1S/C26H40O5/c1-3-5-7-9-11-13-15-23(14-12-10-8-6-4-2)31-26(30)24(25(28)29)20-21-16-18-22(27)19-17-21/h16-20,23,27H,3-15H2,1-2H3,(H,28,29). The predicted octanol–water partition coefficient (Wildman–Crippen LogP) is 6.88. The number of carboxylic acid groups (broad SMARTS) is 1. The first kappa shape index (κ1) is 26.7. The van der Waals surface area contributed by atoms with Crippen LogP contribution >= 0.6 is 0 Å². The highest BCUT2D eigenvalue weighted by molar-refractivity contribution is 6.17. The summed E-state index contributed by atoms with van der Waals surface area (Å²) in [7, 11) is 0. The number of carbonyl (C=O) groups is 2. The average Bonchev–Trinajstić information content (AvgIpc) is 2.74. The second kappa shape index (κ2) is 16.4. The minimum Gasteiger partial charge on any atom is -0.508 e. The fourth-order valence-corrected chi connectivity index (χ4v) is 3.55. The minimum atomic E-state index is -1.31. The topological polar surface area (TPSA) is 83.8 Å². The molecule has 0 aliphatic heterocycles. The Labute approximate surface area is 187 Å². The van der Waals surface area contributed by atoms with E-state index in [1.54, 1.807) is 12.1 Å². The molecule has 0 bridgehead atoms. The Bertz CT molecular complexity index is 663. The number of hydrogen-bond donors (Lipinski definition) is 2. The van der Waals surface area contributed by atoms with Gasteiger partial charge in [-0.3, -0.25) is 0 Å². The molecule has 1 unspecified atom stereocenters. The van der Waals surface area contributed by atoms with E-state index in [0.717, 1.165) is 38.5 Å². The maximum atomic E-state index is 12.7. The van der Waals surface area contributed by atoms with E-state index in [0.29, 0.717) is 5.56 Å². The molecule has 0 fully saturated rings. The lowest BCUT2D eigenvalue weighted by atomic mass is 10.0. The number of ether oxygens (including phenoxy) is 1. The van der Waals surface area contributed by atoms with Gasteiger partial charge in [-0.1, -0.05) is 83.8 Å². The molecule has 0 amide bonds. The van der Waals surface area contributed by atoms with Crippen LogP contribution in [0.15, 0.2) is 29.8 Å². The van der Waals surface area contributed by atoms with Gasteiger partial charge in [-0.15, -0.1) is 0 Å². The molecule has 0 saturated heterocycles. The van der Waals surface area contributed by atoms with Gasteiger partial charge in [0.25, 0.3) is 0 Å². The van der Waals surface area contributed by atoms with Crippen LogP contribution in [0, 0.1) is 0 Å². The van der Waals surface area contributed by atoms with Gasteiger partial charge in [-0.25, -0.2) is 9.59 Å². The Morgan fingerprint density at radius 1 is 0.839 bits per heavy atom. The van der Waals surface area contributed by atoms with Crippen LogP contribution in [0.5, 0.6) is 5.75 Å². The summed E-state index contributed by atoms with van der Waals surface area (Å²) >= 11 is 0. The third kappa shape index (κ3) is 12.2. The minimum absolute atomic E-state index is 0.0821. The fraction of sp³-hybridized carbons (Fsp3) is 0.615. The second-order valence-electron chi connectivity index (χ2n) is 8.24. The van der Waals surface area contributed by atoms with Crippen molar-refractivity contribution in [3.8, 4) is 5.75 Å². The van der Waals surface area contributed by atoms with Crippen LogP contribution in [-0.2, 0) is 14.3 Å². The molecule has 1 aromatic carbocycles. The van der Waals surface area contributed by atoms with Crippen LogP contribution in [0.4, 0.5) is 0 Å². The molecule has 1 rings (SSSR count). The number of carboxylic acids is 1. The molecular formula is C26H40O5. The van der Waals surface area contributed by atoms with E-state index in [-0.39, 0.29) is 17.4 Å². The molecular weight excluding hydrogens is 392 g/mol. The molecule has 1 atom stereocenters. The van der Waals surface area contributed by atoms with E-state index in [1.165, 1.54) is 63.2 Å². The van der Waals surface area contributed by atoms with Crippen LogP contribution in [0.3, 0.4) is 0 Å². The number of hydrogen-bond acceptors (Lipinski definition) is 4. The van der Waals surface area contributed by atoms with Crippen molar-refractivity contribution in [1.82, 2.24) is 0 Å². The Balaban J connectivity index is 2.71. The maximum absolute atomic E-state index is 12.7. The highest BCUT2D eigenvalue weighted by atomic mass is 16.5. The zero-order valence-corrected chi connectivity index (χ0v) is 19.3. The first-order valence-corrected chi connectivity index (χ1v) is 11.9. The zero-order chi connectivity index (χ0) is 22.9. The Morgan fingerprint density at radius 3 is 1.81 bits per heavy atom. The van der Waals surface area contributed by atoms with Crippen LogP contribution in [-0.4, -0.2) is 28.3 Å². The third-order valence-corrected chi connectivity index (χ3v) is 5.44. The Kier molecular flexibility index (Phi) is 14.1. The highest BCUT2D eigenvalue weighted by Gasteiger charge is 2.23. The van der Waals surface area contributed by atoms with Gasteiger partial charge in [-0.2, -0.15) is 0 Å². The molecule has 31 heavy (non-hydrogen) atoms. The van der Waals surface area contributed by atoms with E-state index in [9.17, 15) is 19.8 Å². The molecule has 0 saturated carbocycles. The number of aromatic hydroxyl groups is 1. The first-order chi connectivity index (χ1) is 15.0. The largest absolute Gasteiger partial charge is 0.508 e. The molecule has 0 spiro atoms. The van der Waals surface area contributed by atoms with Crippen molar-refractivity contribution < 1.29 is 24.5 Å². The number of aliphatic carboxylic acids is 1. The van der Waals surface area contributed by atoms with Crippen molar-refractivity contribution in [3.05, 3.63) is 35.4 Å². The fourth-order valence-electron chi connectivity index (χ4n) is 3.55. The van der Waals surface area contributed by atoms with Gasteiger partial charge in [0.1, 0.15) is 17.4 Å². The molecule has 0 heterocycles. The van der Waals surface area contributed by atoms with Gasteiger partial charge in [0.05, 0.1) is 0 Å². The summed E-state index contributed by atoms with van der Waals surface area (Å²) < 4.78 is 5.67. The zero-order valence-electron chi connectivity index (χ0n) is 19.3. The Morgan fingerprint density at radius 2 is 1.32 bits per heavy atom. The second-order valence-corrected chi connectivity index (χ2v) is 8.24. The predicted molar refractivity (Wildman–Crippen MR) is 125 cm³/mol. The first-order valence-electron chi connectivity index (χ1n) is 11.9. The molecule has 0 aliphatic rings. The maximum Gasteiger partial charge on any atom is 0.345 e. The van der Waals surface area contributed by atoms with E-state index < -0.39 is 11.9 Å². The van der Waals surface area contributed by atoms with Crippen LogP contribution in [0.2, 0.25) is 0 Å². The molecule has 174 valence electrons. The Hall–Kier alpha value is -2.30. The number of carbonyl (C=O) groups excluding carboxylic acids is 1. The number of benzene rings is 1. The van der Waals surface area contributed by atoms with Crippen molar-refractivity contribution >= 4 is 18.0 Å². The number of unbranched alkanes of at least 4 members (excludes halogenated alkanes) is 9. The van der Waals surface area contributed by atoms with Crippen molar-refractivity contribution in [2.24, 2.45) is 0 Å². The van der Waals surface area contributed by atoms with Gasteiger partial charge < -0.3 is 14.9 Å². The van der Waals surface area contributed by atoms with Crippen LogP contribution < -0.4 is 0 Å². The summed E-state index contributed by atoms with van der Waals surface area (Å²) in [6, 6.07) is 6.03. The summed E-state index contributed by atoms with van der Waals surface area (Å²) in [4.78, 5) is 24.3.